The van der Waals surface area contributed by atoms with Crippen LogP contribution >= 0.6 is 23.1 Å². The molecule has 0 atom stereocenters. The number of amides is 2. The van der Waals surface area contributed by atoms with Crippen LogP contribution in [-0.4, -0.2) is 35.6 Å². The number of hydrogen-bond acceptors (Lipinski definition) is 4. The lowest BCUT2D eigenvalue weighted by atomic mass is 9.98. The second-order valence-electron chi connectivity index (χ2n) is 6.50. The van der Waals surface area contributed by atoms with E-state index in [1.165, 1.54) is 6.07 Å². The quantitative estimate of drug-likeness (QED) is 0.691. The van der Waals surface area contributed by atoms with Gasteiger partial charge in [-0.05, 0) is 54.5 Å². The number of nitrogens with zero attached hydrogens (tertiary/aromatic N) is 1. The van der Waals surface area contributed by atoms with Crippen LogP contribution < -0.4 is 5.32 Å². The summed E-state index contributed by atoms with van der Waals surface area (Å²) in [6.45, 7) is 3.72. The van der Waals surface area contributed by atoms with Gasteiger partial charge in [-0.25, -0.2) is 0 Å². The zero-order chi connectivity index (χ0) is 19.4. The first-order chi connectivity index (χ1) is 12.9. The number of thiophene rings is 1. The lowest BCUT2D eigenvalue weighted by molar-refractivity contribution is 0.0697. The van der Waals surface area contributed by atoms with Crippen molar-refractivity contribution in [2.24, 2.45) is 5.92 Å². The fraction of sp³-hybridized carbons (Fsp3) is 0.368. The minimum Gasteiger partial charge on any atom is -0.339 e. The van der Waals surface area contributed by atoms with Crippen molar-refractivity contribution in [1.29, 1.82) is 0 Å². The predicted octanol–water partition coefficient (Wildman–Crippen LogP) is 5.19. The lowest BCUT2D eigenvalue weighted by Crippen LogP contribution is -2.37. The Morgan fingerprint density at radius 1 is 1.19 bits per heavy atom. The van der Waals surface area contributed by atoms with E-state index >= 15 is 0 Å². The summed E-state index contributed by atoms with van der Waals surface area (Å²) in [7, 11) is 0. The molecule has 4 nitrogen and oxygen atoms in total. The minimum atomic E-state index is -2.57. The van der Waals surface area contributed by atoms with E-state index in [9.17, 15) is 18.4 Å². The fourth-order valence-corrected chi connectivity index (χ4v) is 4.53. The fourth-order valence-electron chi connectivity index (χ4n) is 2.93. The molecule has 3 rings (SSSR count). The Balaban J connectivity index is 1.63. The SMILES string of the molecule is CC1CCN(C(=O)c2ccc(NC(=O)c3sccc3SC(F)F)cc2)CC1. The maximum Gasteiger partial charge on any atom is 0.288 e. The van der Waals surface area contributed by atoms with Gasteiger partial charge < -0.3 is 10.2 Å². The van der Waals surface area contributed by atoms with Gasteiger partial charge in [-0.1, -0.05) is 18.7 Å². The topological polar surface area (TPSA) is 49.4 Å². The van der Waals surface area contributed by atoms with Gasteiger partial charge in [0.05, 0.1) is 0 Å². The molecular weight excluding hydrogens is 390 g/mol. The van der Waals surface area contributed by atoms with Crippen LogP contribution in [0.25, 0.3) is 0 Å². The largest absolute Gasteiger partial charge is 0.339 e. The summed E-state index contributed by atoms with van der Waals surface area (Å²) in [5.41, 5.74) is 1.10. The number of halogens is 2. The Morgan fingerprint density at radius 2 is 1.85 bits per heavy atom. The van der Waals surface area contributed by atoms with Gasteiger partial charge in [-0.2, -0.15) is 8.78 Å². The van der Waals surface area contributed by atoms with Gasteiger partial charge in [0.25, 0.3) is 17.6 Å². The second kappa shape index (κ2) is 8.84. The number of carbonyl (C=O) groups is 2. The van der Waals surface area contributed by atoms with E-state index in [4.69, 9.17) is 0 Å². The number of piperidine rings is 1. The summed E-state index contributed by atoms with van der Waals surface area (Å²) >= 11 is 1.48. The second-order valence-corrected chi connectivity index (χ2v) is 8.45. The Morgan fingerprint density at radius 3 is 2.48 bits per heavy atom. The van der Waals surface area contributed by atoms with Crippen molar-refractivity contribution in [3.8, 4) is 0 Å². The third-order valence-corrected chi connectivity index (χ3v) is 6.33. The molecule has 1 fully saturated rings. The van der Waals surface area contributed by atoms with Crippen molar-refractivity contribution >= 4 is 40.6 Å². The van der Waals surface area contributed by atoms with Gasteiger partial charge in [-0.3, -0.25) is 9.59 Å². The van der Waals surface area contributed by atoms with Gasteiger partial charge in [0.1, 0.15) is 4.88 Å². The minimum absolute atomic E-state index is 0.00588. The highest BCUT2D eigenvalue weighted by Gasteiger charge is 2.21. The molecule has 1 aliphatic heterocycles. The summed E-state index contributed by atoms with van der Waals surface area (Å²) in [6, 6.07) is 8.19. The normalized spacial score (nSPS) is 15.2. The summed E-state index contributed by atoms with van der Waals surface area (Å²) in [4.78, 5) is 27.3. The molecule has 0 unspecified atom stereocenters. The van der Waals surface area contributed by atoms with Crippen LogP contribution in [0.5, 0.6) is 0 Å². The molecule has 144 valence electrons. The molecule has 0 aliphatic carbocycles. The van der Waals surface area contributed by atoms with Crippen LogP contribution in [0.15, 0.2) is 40.6 Å². The number of anilines is 1. The van der Waals surface area contributed by atoms with Gasteiger partial charge >= 0.3 is 0 Å². The van der Waals surface area contributed by atoms with Gasteiger partial charge in [0.2, 0.25) is 0 Å². The average molecular weight is 411 g/mol. The van der Waals surface area contributed by atoms with Crippen molar-refractivity contribution in [1.82, 2.24) is 4.90 Å². The first-order valence-corrected chi connectivity index (χ1v) is 10.4. The zero-order valence-corrected chi connectivity index (χ0v) is 16.4. The predicted molar refractivity (Wildman–Crippen MR) is 105 cm³/mol. The first-order valence-electron chi connectivity index (χ1n) is 8.67. The molecule has 8 heteroatoms. The Hall–Kier alpha value is -1.93. The number of alkyl halides is 2. The van der Waals surface area contributed by atoms with Crippen molar-refractivity contribution < 1.29 is 18.4 Å². The summed E-state index contributed by atoms with van der Waals surface area (Å²) in [5, 5.41) is 4.31. The average Bonchev–Trinajstić information content (AvgIpc) is 3.10. The van der Waals surface area contributed by atoms with E-state index in [-0.39, 0.29) is 15.7 Å². The molecule has 0 spiro atoms. The molecule has 1 N–H and O–H groups in total. The zero-order valence-electron chi connectivity index (χ0n) is 14.8. The highest BCUT2D eigenvalue weighted by atomic mass is 32.2. The van der Waals surface area contributed by atoms with E-state index in [2.05, 4.69) is 12.2 Å². The number of rotatable bonds is 5. The molecule has 1 aromatic heterocycles. The monoisotopic (exact) mass is 410 g/mol. The molecule has 0 bridgehead atoms. The molecule has 1 saturated heterocycles. The maximum atomic E-state index is 12.6. The first kappa shape index (κ1) is 19.8. The Labute approximate surface area is 164 Å². The van der Waals surface area contributed by atoms with Crippen molar-refractivity contribution in [3.63, 3.8) is 0 Å². The standard InChI is InChI=1S/C19H20F2N2O2S2/c1-12-6-9-23(10-7-12)18(25)13-2-4-14(5-3-13)22-17(24)16-15(8-11-26-16)27-19(20)21/h2-5,8,11-12,19H,6-7,9-10H2,1H3,(H,22,24). The Bertz CT molecular complexity index is 800. The van der Waals surface area contributed by atoms with E-state index in [1.807, 2.05) is 4.90 Å². The molecule has 0 radical (unpaired) electrons. The molecule has 2 heterocycles. The third kappa shape index (κ3) is 5.07. The summed E-state index contributed by atoms with van der Waals surface area (Å²) in [6.07, 6.45) is 2.03. The molecule has 1 aromatic carbocycles. The highest BCUT2D eigenvalue weighted by molar-refractivity contribution is 7.99. The number of carbonyl (C=O) groups excluding carboxylic acids is 2. The number of benzene rings is 1. The molecule has 0 saturated carbocycles. The van der Waals surface area contributed by atoms with Crippen molar-refractivity contribution in [2.75, 3.05) is 18.4 Å². The van der Waals surface area contributed by atoms with Crippen LogP contribution in [-0.2, 0) is 0 Å². The lowest BCUT2D eigenvalue weighted by Gasteiger charge is -2.30. The van der Waals surface area contributed by atoms with E-state index in [0.717, 1.165) is 37.3 Å². The van der Waals surface area contributed by atoms with Gasteiger partial charge in [0, 0.05) is 29.2 Å². The number of likely N-dealkylation sites (tertiary alicyclic amines) is 1. The van der Waals surface area contributed by atoms with Crippen LogP contribution in [0.1, 0.15) is 39.8 Å². The van der Waals surface area contributed by atoms with Crippen molar-refractivity contribution in [2.45, 2.75) is 30.4 Å². The molecule has 2 aromatic rings. The molecule has 2 amide bonds. The summed E-state index contributed by atoms with van der Waals surface area (Å²) < 4.78 is 25.1. The van der Waals surface area contributed by atoms with Crippen LogP contribution in [0.4, 0.5) is 14.5 Å². The maximum absolute atomic E-state index is 12.6. The summed E-state index contributed by atoms with van der Waals surface area (Å²) in [5.74, 6) is -2.36. The number of thioether (sulfide) groups is 1. The number of hydrogen-bond donors (Lipinski definition) is 1. The van der Waals surface area contributed by atoms with Crippen LogP contribution in [0.3, 0.4) is 0 Å². The molecule has 1 aliphatic rings. The van der Waals surface area contributed by atoms with E-state index in [1.54, 1.807) is 29.6 Å². The van der Waals surface area contributed by atoms with Crippen LogP contribution in [0.2, 0.25) is 0 Å². The van der Waals surface area contributed by atoms with E-state index in [0.29, 0.717) is 28.9 Å². The Kier molecular flexibility index (Phi) is 6.49. The van der Waals surface area contributed by atoms with E-state index < -0.39 is 11.7 Å². The molecular formula is C19H20F2N2O2S2. The highest BCUT2D eigenvalue weighted by Crippen LogP contribution is 2.32. The van der Waals surface area contributed by atoms with Gasteiger partial charge in [0.15, 0.2) is 0 Å². The van der Waals surface area contributed by atoms with Crippen molar-refractivity contribution in [3.05, 3.63) is 46.2 Å². The molecule has 27 heavy (non-hydrogen) atoms. The van der Waals surface area contributed by atoms with Crippen LogP contribution in [0, 0.1) is 5.92 Å². The van der Waals surface area contributed by atoms with Gasteiger partial charge in [-0.15, -0.1) is 11.3 Å². The number of nitrogens with one attached hydrogen (secondary N) is 1. The smallest absolute Gasteiger partial charge is 0.288 e. The third-order valence-electron chi connectivity index (χ3n) is 4.51.